The van der Waals surface area contributed by atoms with Crippen molar-refractivity contribution < 1.29 is 4.48 Å². The first-order valence-electron chi connectivity index (χ1n) is 6.70. The van der Waals surface area contributed by atoms with Crippen molar-refractivity contribution in [2.75, 3.05) is 27.7 Å². The van der Waals surface area contributed by atoms with Crippen molar-refractivity contribution in [3.05, 3.63) is 0 Å². The number of hydrogen-bond donors (Lipinski definition) is 0. The third-order valence-electron chi connectivity index (χ3n) is 4.54. The topological polar surface area (TPSA) is 0 Å². The van der Waals surface area contributed by atoms with E-state index in [2.05, 4.69) is 35.0 Å². The third kappa shape index (κ3) is 3.48. The van der Waals surface area contributed by atoms with Crippen molar-refractivity contribution in [3.63, 3.8) is 0 Å². The highest BCUT2D eigenvalue weighted by molar-refractivity contribution is 4.88. The predicted octanol–water partition coefficient (Wildman–Crippen LogP) is 3.69. The summed E-state index contributed by atoms with van der Waals surface area (Å²) in [4.78, 5) is 0. The van der Waals surface area contributed by atoms with E-state index in [9.17, 15) is 0 Å². The van der Waals surface area contributed by atoms with Crippen LogP contribution in [0.25, 0.3) is 0 Å². The van der Waals surface area contributed by atoms with E-state index in [0.29, 0.717) is 5.41 Å². The highest BCUT2D eigenvalue weighted by atomic mass is 15.3. The molecule has 1 aliphatic rings. The number of quaternary nitrogens is 1. The Morgan fingerprint density at radius 2 is 1.67 bits per heavy atom. The van der Waals surface area contributed by atoms with Crippen molar-refractivity contribution in [3.8, 4) is 0 Å². The van der Waals surface area contributed by atoms with Gasteiger partial charge < -0.3 is 4.48 Å². The summed E-state index contributed by atoms with van der Waals surface area (Å²) in [7, 11) is 6.96. The summed E-state index contributed by atoms with van der Waals surface area (Å²) in [6.07, 6.45) is 8.72. The molecule has 0 aromatic carbocycles. The Kier molecular flexibility index (Phi) is 4.22. The lowest BCUT2D eigenvalue weighted by atomic mass is 9.71. The molecule has 0 aliphatic heterocycles. The number of rotatable bonds is 5. The zero-order chi connectivity index (χ0) is 11.5. The first kappa shape index (κ1) is 13.0. The van der Waals surface area contributed by atoms with E-state index in [1.165, 1.54) is 45.1 Å². The molecule has 15 heavy (non-hydrogen) atoms. The summed E-state index contributed by atoms with van der Waals surface area (Å²) in [5.41, 5.74) is 0.695. The van der Waals surface area contributed by atoms with Gasteiger partial charge >= 0.3 is 0 Å². The van der Waals surface area contributed by atoms with E-state index >= 15 is 0 Å². The standard InChI is InChI=1S/C14H30N/c1-6-13(2)14(9-7-8-10-14)11-12-15(3,4)5/h13H,6-12H2,1-5H3/q+1. The zero-order valence-corrected chi connectivity index (χ0v) is 11.5. The largest absolute Gasteiger partial charge is 0.331 e. The Hall–Kier alpha value is -0.0400. The summed E-state index contributed by atoms with van der Waals surface area (Å²) < 4.78 is 1.12. The molecule has 1 nitrogen and oxygen atoms in total. The van der Waals surface area contributed by atoms with Gasteiger partial charge in [0.2, 0.25) is 0 Å². The minimum absolute atomic E-state index is 0.695. The van der Waals surface area contributed by atoms with Gasteiger partial charge in [0.15, 0.2) is 0 Å². The molecule has 1 unspecified atom stereocenters. The summed E-state index contributed by atoms with van der Waals surface area (Å²) in [6, 6.07) is 0. The molecule has 0 aromatic heterocycles. The maximum Gasteiger partial charge on any atom is 0.0785 e. The van der Waals surface area contributed by atoms with Crippen LogP contribution in [0.2, 0.25) is 0 Å². The van der Waals surface area contributed by atoms with Crippen molar-refractivity contribution in [1.82, 2.24) is 0 Å². The highest BCUT2D eigenvalue weighted by Gasteiger charge is 2.38. The number of nitrogens with zero attached hydrogens (tertiary/aromatic N) is 1. The molecule has 0 saturated heterocycles. The van der Waals surface area contributed by atoms with Crippen LogP contribution in [0.3, 0.4) is 0 Å². The van der Waals surface area contributed by atoms with Crippen LogP contribution in [0.15, 0.2) is 0 Å². The molecule has 0 bridgehead atoms. The predicted molar refractivity (Wildman–Crippen MR) is 67.9 cm³/mol. The normalized spacial score (nSPS) is 23.0. The molecule has 1 atom stereocenters. The van der Waals surface area contributed by atoms with E-state index in [-0.39, 0.29) is 0 Å². The average molecular weight is 212 g/mol. The van der Waals surface area contributed by atoms with Gasteiger partial charge in [-0.25, -0.2) is 0 Å². The van der Waals surface area contributed by atoms with Crippen LogP contribution in [-0.2, 0) is 0 Å². The third-order valence-corrected chi connectivity index (χ3v) is 4.54. The van der Waals surface area contributed by atoms with E-state index in [1.54, 1.807) is 0 Å². The minimum Gasteiger partial charge on any atom is -0.331 e. The summed E-state index contributed by atoms with van der Waals surface area (Å²) in [5, 5.41) is 0. The SMILES string of the molecule is CCC(C)C1(CC[N+](C)(C)C)CCCC1. The Bertz CT molecular complexity index is 184. The summed E-state index contributed by atoms with van der Waals surface area (Å²) >= 11 is 0. The highest BCUT2D eigenvalue weighted by Crippen LogP contribution is 2.48. The van der Waals surface area contributed by atoms with E-state index in [1.807, 2.05) is 0 Å². The zero-order valence-electron chi connectivity index (χ0n) is 11.5. The van der Waals surface area contributed by atoms with Gasteiger partial charge in [0.05, 0.1) is 27.7 Å². The van der Waals surface area contributed by atoms with Crippen LogP contribution in [-0.4, -0.2) is 32.2 Å². The van der Waals surface area contributed by atoms with Crippen LogP contribution in [0.1, 0.15) is 52.4 Å². The van der Waals surface area contributed by atoms with Crippen molar-refractivity contribution in [2.45, 2.75) is 52.4 Å². The van der Waals surface area contributed by atoms with Crippen molar-refractivity contribution in [2.24, 2.45) is 11.3 Å². The lowest BCUT2D eigenvalue weighted by Gasteiger charge is -2.37. The molecule has 0 radical (unpaired) electrons. The second-order valence-corrected chi connectivity index (χ2v) is 6.64. The molecule has 0 aromatic rings. The summed E-state index contributed by atoms with van der Waals surface area (Å²) in [6.45, 7) is 6.17. The molecule has 1 saturated carbocycles. The van der Waals surface area contributed by atoms with E-state index in [0.717, 1.165) is 10.4 Å². The lowest BCUT2D eigenvalue weighted by molar-refractivity contribution is -0.871. The van der Waals surface area contributed by atoms with Crippen molar-refractivity contribution >= 4 is 0 Å². The second kappa shape index (κ2) is 4.86. The van der Waals surface area contributed by atoms with Crippen LogP contribution in [0.5, 0.6) is 0 Å². The average Bonchev–Trinajstić information content (AvgIpc) is 2.62. The van der Waals surface area contributed by atoms with E-state index in [4.69, 9.17) is 0 Å². The first-order valence-corrected chi connectivity index (χ1v) is 6.70. The van der Waals surface area contributed by atoms with Gasteiger partial charge in [-0.05, 0) is 24.2 Å². The van der Waals surface area contributed by atoms with Gasteiger partial charge in [-0.3, -0.25) is 0 Å². The van der Waals surface area contributed by atoms with Gasteiger partial charge in [0, 0.05) is 6.42 Å². The smallest absolute Gasteiger partial charge is 0.0785 e. The molecule has 0 amide bonds. The molecule has 90 valence electrons. The van der Waals surface area contributed by atoms with Gasteiger partial charge in [-0.15, -0.1) is 0 Å². The quantitative estimate of drug-likeness (QED) is 0.610. The van der Waals surface area contributed by atoms with Crippen LogP contribution >= 0.6 is 0 Å². The molecule has 1 aliphatic carbocycles. The van der Waals surface area contributed by atoms with E-state index < -0.39 is 0 Å². The fourth-order valence-electron chi connectivity index (χ4n) is 3.06. The monoisotopic (exact) mass is 212 g/mol. The molecule has 0 N–H and O–H groups in total. The Labute approximate surface area is 96.4 Å². The van der Waals surface area contributed by atoms with Crippen molar-refractivity contribution in [1.29, 1.82) is 0 Å². The molecule has 0 heterocycles. The molecular weight excluding hydrogens is 182 g/mol. The summed E-state index contributed by atoms with van der Waals surface area (Å²) in [5.74, 6) is 0.923. The van der Waals surface area contributed by atoms with Crippen LogP contribution in [0.4, 0.5) is 0 Å². The molecule has 1 rings (SSSR count). The lowest BCUT2D eigenvalue weighted by Crippen LogP contribution is -2.39. The van der Waals surface area contributed by atoms with Gasteiger partial charge in [0.1, 0.15) is 0 Å². The number of hydrogen-bond acceptors (Lipinski definition) is 0. The first-order chi connectivity index (χ1) is 6.90. The van der Waals surface area contributed by atoms with Gasteiger partial charge in [-0.2, -0.15) is 0 Å². The second-order valence-electron chi connectivity index (χ2n) is 6.64. The molecule has 0 spiro atoms. The Balaban J connectivity index is 2.58. The molecule has 1 fully saturated rings. The molecular formula is C14H30N+. The maximum atomic E-state index is 2.47. The Morgan fingerprint density at radius 1 is 1.13 bits per heavy atom. The van der Waals surface area contributed by atoms with Crippen LogP contribution < -0.4 is 0 Å². The maximum absolute atomic E-state index is 2.47. The molecule has 1 heteroatoms. The van der Waals surface area contributed by atoms with Crippen LogP contribution in [0, 0.1) is 11.3 Å². The fraction of sp³-hybridized carbons (Fsp3) is 1.00. The minimum atomic E-state index is 0.695. The fourth-order valence-corrected chi connectivity index (χ4v) is 3.06. The van der Waals surface area contributed by atoms with Gasteiger partial charge in [-0.1, -0.05) is 33.1 Å². The Morgan fingerprint density at radius 3 is 2.07 bits per heavy atom. The van der Waals surface area contributed by atoms with Gasteiger partial charge in [0.25, 0.3) is 0 Å².